The SMILES string of the molecule is FC(F)(F)c1ccc(-n2ccnc2)c(NP(=S)(c2ccccc2)c2ccccc2)c1. The molecule has 0 bridgehead atoms. The zero-order chi connectivity index (χ0) is 21.2. The molecule has 4 aromatic rings. The number of nitrogens with one attached hydrogen (secondary N) is 1. The van der Waals surface area contributed by atoms with Crippen molar-refractivity contribution in [1.29, 1.82) is 0 Å². The molecule has 1 heterocycles. The van der Waals surface area contributed by atoms with E-state index in [1.807, 2.05) is 60.7 Å². The number of nitrogens with zero attached hydrogens (tertiary/aromatic N) is 2. The Balaban J connectivity index is 1.90. The molecular formula is C22H17F3N3PS. The van der Waals surface area contributed by atoms with Crippen molar-refractivity contribution in [2.45, 2.75) is 6.18 Å². The predicted octanol–water partition coefficient (Wildman–Crippen LogP) is 5.35. The molecule has 4 rings (SSSR count). The first-order chi connectivity index (χ1) is 14.4. The summed E-state index contributed by atoms with van der Waals surface area (Å²) in [7, 11) is 0. The summed E-state index contributed by atoms with van der Waals surface area (Å²) < 4.78 is 42.0. The maximum absolute atomic E-state index is 13.5. The van der Waals surface area contributed by atoms with Crippen molar-refractivity contribution in [3.63, 3.8) is 0 Å². The first-order valence-corrected chi connectivity index (χ1v) is 11.9. The average Bonchev–Trinajstić information content (AvgIpc) is 3.29. The molecular weight excluding hydrogens is 426 g/mol. The summed E-state index contributed by atoms with van der Waals surface area (Å²) in [5, 5.41) is 5.06. The van der Waals surface area contributed by atoms with E-state index in [2.05, 4.69) is 10.1 Å². The summed E-state index contributed by atoms with van der Waals surface area (Å²) in [4.78, 5) is 4.02. The standard InChI is InChI=1S/C22H17F3N3PS/c23-22(24,25)17-11-12-21(28-14-13-26-16-28)20(15-17)27-29(30,18-7-3-1-4-8-18)19-9-5-2-6-10-19/h1-16H,(H,27,30). The van der Waals surface area contributed by atoms with Gasteiger partial charge in [-0.3, -0.25) is 0 Å². The van der Waals surface area contributed by atoms with E-state index >= 15 is 0 Å². The molecule has 8 heteroatoms. The van der Waals surface area contributed by atoms with E-state index in [1.165, 1.54) is 6.07 Å². The summed E-state index contributed by atoms with van der Waals surface area (Å²) in [6.07, 6.45) is -2.33. The van der Waals surface area contributed by atoms with Crippen molar-refractivity contribution in [3.8, 4) is 5.69 Å². The van der Waals surface area contributed by atoms with E-state index in [9.17, 15) is 13.2 Å². The number of rotatable bonds is 5. The van der Waals surface area contributed by atoms with Crippen LogP contribution in [0.2, 0.25) is 0 Å². The number of benzene rings is 3. The van der Waals surface area contributed by atoms with Gasteiger partial charge in [-0.25, -0.2) is 4.98 Å². The molecule has 1 N–H and O–H groups in total. The van der Waals surface area contributed by atoms with Crippen LogP contribution in [0.1, 0.15) is 5.56 Å². The number of halogens is 3. The van der Waals surface area contributed by atoms with Crippen LogP contribution in [0.4, 0.5) is 18.9 Å². The van der Waals surface area contributed by atoms with Gasteiger partial charge in [0.05, 0.1) is 29.5 Å². The molecule has 0 aliphatic carbocycles. The minimum Gasteiger partial charge on any atom is -0.349 e. The van der Waals surface area contributed by atoms with Crippen LogP contribution in [0, 0.1) is 0 Å². The van der Waals surface area contributed by atoms with E-state index in [1.54, 1.807) is 23.3 Å². The lowest BCUT2D eigenvalue weighted by Gasteiger charge is -2.27. The summed E-state index contributed by atoms with van der Waals surface area (Å²) in [5.41, 5.74) is 0.108. The minimum atomic E-state index is -4.47. The molecule has 0 saturated carbocycles. The molecule has 0 saturated heterocycles. The number of imidazole rings is 1. The molecule has 0 atom stereocenters. The van der Waals surface area contributed by atoms with Crippen LogP contribution in [0.25, 0.3) is 5.69 Å². The van der Waals surface area contributed by atoms with Gasteiger partial charge in [-0.15, -0.1) is 0 Å². The zero-order valence-electron chi connectivity index (χ0n) is 15.6. The van der Waals surface area contributed by atoms with Crippen molar-refractivity contribution in [2.24, 2.45) is 0 Å². The molecule has 0 unspecified atom stereocenters. The van der Waals surface area contributed by atoms with Gasteiger partial charge in [0.15, 0.2) is 0 Å². The Morgan fingerprint density at radius 2 is 1.47 bits per heavy atom. The summed E-state index contributed by atoms with van der Waals surface area (Å²) >= 11 is 6.14. The van der Waals surface area contributed by atoms with Crippen LogP contribution in [-0.4, -0.2) is 9.55 Å². The van der Waals surface area contributed by atoms with Gasteiger partial charge in [-0.2, -0.15) is 13.2 Å². The quantitative estimate of drug-likeness (QED) is 0.422. The summed E-state index contributed by atoms with van der Waals surface area (Å²) in [6, 6.07) is 22.5. The van der Waals surface area contributed by atoms with E-state index in [0.29, 0.717) is 11.4 Å². The lowest BCUT2D eigenvalue weighted by atomic mass is 10.1. The van der Waals surface area contributed by atoms with Gasteiger partial charge in [0, 0.05) is 23.0 Å². The zero-order valence-corrected chi connectivity index (χ0v) is 17.3. The van der Waals surface area contributed by atoms with Gasteiger partial charge in [-0.1, -0.05) is 72.5 Å². The molecule has 0 spiro atoms. The third-order valence-electron chi connectivity index (χ3n) is 4.62. The highest BCUT2D eigenvalue weighted by atomic mass is 32.4. The summed E-state index contributed by atoms with van der Waals surface area (Å²) in [5.74, 6) is 0. The highest BCUT2D eigenvalue weighted by Crippen LogP contribution is 2.46. The van der Waals surface area contributed by atoms with E-state index in [0.717, 1.165) is 22.7 Å². The second kappa shape index (κ2) is 8.09. The lowest BCUT2D eigenvalue weighted by Crippen LogP contribution is -2.22. The molecule has 30 heavy (non-hydrogen) atoms. The van der Waals surface area contributed by atoms with Crippen molar-refractivity contribution in [1.82, 2.24) is 9.55 Å². The second-order valence-electron chi connectivity index (χ2n) is 6.59. The number of anilines is 1. The fourth-order valence-corrected chi connectivity index (χ4v) is 6.44. The van der Waals surface area contributed by atoms with Gasteiger partial charge in [0.1, 0.15) is 0 Å². The Kier molecular flexibility index (Phi) is 5.50. The number of alkyl halides is 3. The third kappa shape index (κ3) is 4.04. The summed E-state index contributed by atoms with van der Waals surface area (Å²) in [6.45, 7) is 0. The van der Waals surface area contributed by atoms with Crippen molar-refractivity contribution in [2.75, 3.05) is 5.09 Å². The van der Waals surface area contributed by atoms with Crippen LogP contribution < -0.4 is 15.7 Å². The molecule has 0 radical (unpaired) electrons. The van der Waals surface area contributed by atoms with Crippen LogP contribution >= 0.6 is 6.19 Å². The topological polar surface area (TPSA) is 29.9 Å². The molecule has 0 fully saturated rings. The van der Waals surface area contributed by atoms with Gasteiger partial charge in [0.25, 0.3) is 0 Å². The van der Waals surface area contributed by atoms with E-state index in [4.69, 9.17) is 11.8 Å². The number of hydrogen-bond acceptors (Lipinski definition) is 2. The maximum Gasteiger partial charge on any atom is 0.416 e. The van der Waals surface area contributed by atoms with Gasteiger partial charge >= 0.3 is 6.18 Å². The Hall–Kier alpha value is -2.89. The number of hydrogen-bond donors (Lipinski definition) is 1. The van der Waals surface area contributed by atoms with Crippen LogP contribution in [0.5, 0.6) is 0 Å². The predicted molar refractivity (Wildman–Crippen MR) is 119 cm³/mol. The second-order valence-corrected chi connectivity index (χ2v) is 10.7. The lowest BCUT2D eigenvalue weighted by molar-refractivity contribution is -0.137. The van der Waals surface area contributed by atoms with Crippen LogP contribution in [0.15, 0.2) is 97.6 Å². The Bertz CT molecular complexity index is 1130. The number of aromatic nitrogens is 2. The fraction of sp³-hybridized carbons (Fsp3) is 0.0455. The van der Waals surface area contributed by atoms with Crippen molar-refractivity contribution in [3.05, 3.63) is 103 Å². The van der Waals surface area contributed by atoms with Gasteiger partial charge in [0.2, 0.25) is 0 Å². The molecule has 1 aromatic heterocycles. The van der Waals surface area contributed by atoms with E-state index in [-0.39, 0.29) is 0 Å². The van der Waals surface area contributed by atoms with Crippen molar-refractivity contribution < 1.29 is 13.2 Å². The minimum absolute atomic E-state index is 0.305. The first kappa shape index (κ1) is 20.4. The fourth-order valence-electron chi connectivity index (χ4n) is 3.15. The highest BCUT2D eigenvalue weighted by Gasteiger charge is 2.32. The highest BCUT2D eigenvalue weighted by molar-refractivity contribution is 8.22. The van der Waals surface area contributed by atoms with Gasteiger partial charge < -0.3 is 9.65 Å². The maximum atomic E-state index is 13.5. The molecule has 3 nitrogen and oxygen atoms in total. The molecule has 3 aromatic carbocycles. The largest absolute Gasteiger partial charge is 0.416 e. The molecule has 0 aliphatic heterocycles. The van der Waals surface area contributed by atoms with Crippen LogP contribution in [-0.2, 0) is 18.0 Å². The Morgan fingerprint density at radius 3 is 1.97 bits per heavy atom. The molecule has 0 aliphatic rings. The molecule has 0 amide bonds. The smallest absolute Gasteiger partial charge is 0.349 e. The Labute approximate surface area is 177 Å². The average molecular weight is 443 g/mol. The third-order valence-corrected chi connectivity index (χ3v) is 8.77. The van der Waals surface area contributed by atoms with Crippen molar-refractivity contribution >= 4 is 34.3 Å². The first-order valence-electron chi connectivity index (χ1n) is 9.07. The Morgan fingerprint density at radius 1 is 0.867 bits per heavy atom. The monoisotopic (exact) mass is 443 g/mol. The molecule has 152 valence electrons. The van der Waals surface area contributed by atoms with Gasteiger partial charge in [-0.05, 0) is 18.2 Å². The van der Waals surface area contributed by atoms with E-state index < -0.39 is 17.9 Å². The normalized spacial score (nSPS) is 12.0. The van der Waals surface area contributed by atoms with Crippen LogP contribution in [0.3, 0.4) is 0 Å².